The molecule has 0 radical (unpaired) electrons. The van der Waals surface area contributed by atoms with Crippen LogP contribution in [0.3, 0.4) is 0 Å². The second kappa shape index (κ2) is 6.17. The number of hydrogen-bond acceptors (Lipinski definition) is 5. The van der Waals surface area contributed by atoms with E-state index < -0.39 is 33.1 Å². The summed E-state index contributed by atoms with van der Waals surface area (Å²) in [4.78, 5) is 14.3. The lowest BCUT2D eigenvalue weighted by molar-refractivity contribution is -0.137. The molecular weight excluding hydrogens is 339 g/mol. The quantitative estimate of drug-likeness (QED) is 0.778. The summed E-state index contributed by atoms with van der Waals surface area (Å²) in [5.41, 5.74) is -0.700. The average molecular weight is 349 g/mol. The maximum atomic E-state index is 12.6. The minimum absolute atomic E-state index is 0.0574. The standard InChI is InChI=1S/C13H10F3NO3S2/c14-13(15,16)10-3-1-2-9(4-10)7-22(19,20)8-12-17-11(5-18)6-21-12/h1-6H,7-8H2. The van der Waals surface area contributed by atoms with Gasteiger partial charge >= 0.3 is 6.18 Å². The van der Waals surface area contributed by atoms with Crippen LogP contribution >= 0.6 is 11.3 Å². The molecule has 22 heavy (non-hydrogen) atoms. The Labute approximate surface area is 128 Å². The molecule has 0 saturated carbocycles. The van der Waals surface area contributed by atoms with Gasteiger partial charge in [0.15, 0.2) is 16.1 Å². The lowest BCUT2D eigenvalue weighted by Gasteiger charge is -2.08. The number of nitrogens with zero attached hydrogens (tertiary/aromatic N) is 1. The Morgan fingerprint density at radius 3 is 2.55 bits per heavy atom. The Balaban J connectivity index is 2.16. The highest BCUT2D eigenvalue weighted by molar-refractivity contribution is 7.89. The topological polar surface area (TPSA) is 64.1 Å². The van der Waals surface area contributed by atoms with E-state index in [9.17, 15) is 26.4 Å². The number of carbonyl (C=O) groups is 1. The third-order valence-corrected chi connectivity index (χ3v) is 5.21. The number of halogens is 3. The van der Waals surface area contributed by atoms with Gasteiger partial charge in [0, 0.05) is 5.38 Å². The van der Waals surface area contributed by atoms with Crippen molar-refractivity contribution in [3.63, 3.8) is 0 Å². The summed E-state index contributed by atoms with van der Waals surface area (Å²) in [6, 6.07) is 4.19. The van der Waals surface area contributed by atoms with Crippen LogP contribution in [-0.2, 0) is 27.5 Å². The Kier molecular flexibility index (Phi) is 4.66. The number of sulfone groups is 1. The highest BCUT2D eigenvalue weighted by Gasteiger charge is 2.30. The van der Waals surface area contributed by atoms with E-state index in [1.54, 1.807) is 0 Å². The number of hydrogen-bond donors (Lipinski definition) is 0. The Bertz CT molecular complexity index is 782. The molecule has 0 aliphatic carbocycles. The molecule has 0 saturated heterocycles. The first-order valence-electron chi connectivity index (χ1n) is 5.96. The van der Waals surface area contributed by atoms with Crippen molar-refractivity contribution in [2.45, 2.75) is 17.7 Å². The summed E-state index contributed by atoms with van der Waals surface area (Å²) in [6.45, 7) is 0. The molecule has 0 aliphatic heterocycles. The fourth-order valence-electron chi connectivity index (χ4n) is 1.78. The second-order valence-electron chi connectivity index (χ2n) is 4.51. The van der Waals surface area contributed by atoms with E-state index >= 15 is 0 Å². The van der Waals surface area contributed by atoms with Gasteiger partial charge in [-0.05, 0) is 11.6 Å². The number of rotatable bonds is 5. The summed E-state index contributed by atoms with van der Waals surface area (Å²) in [5.74, 6) is -0.936. The Hall–Kier alpha value is -1.74. The second-order valence-corrected chi connectivity index (χ2v) is 7.52. The van der Waals surface area contributed by atoms with Gasteiger partial charge in [0.05, 0.1) is 11.3 Å². The number of benzene rings is 1. The van der Waals surface area contributed by atoms with E-state index in [0.717, 1.165) is 23.5 Å². The molecule has 0 aliphatic rings. The average Bonchev–Trinajstić information content (AvgIpc) is 2.84. The van der Waals surface area contributed by atoms with Gasteiger partial charge in [-0.3, -0.25) is 4.79 Å². The van der Waals surface area contributed by atoms with E-state index in [1.165, 1.54) is 17.5 Å². The molecule has 0 N–H and O–H groups in total. The third kappa shape index (κ3) is 4.38. The van der Waals surface area contributed by atoms with E-state index in [4.69, 9.17) is 0 Å². The fourth-order valence-corrected chi connectivity index (χ4v) is 4.34. The molecule has 0 fully saturated rings. The summed E-state index contributed by atoms with van der Waals surface area (Å²) in [5, 5.41) is 1.65. The summed E-state index contributed by atoms with van der Waals surface area (Å²) >= 11 is 1.02. The van der Waals surface area contributed by atoms with E-state index in [2.05, 4.69) is 4.98 Å². The van der Waals surface area contributed by atoms with Crippen molar-refractivity contribution in [2.75, 3.05) is 0 Å². The number of carbonyl (C=O) groups excluding carboxylic acids is 1. The normalized spacial score (nSPS) is 12.3. The lowest BCUT2D eigenvalue weighted by Crippen LogP contribution is -2.10. The zero-order valence-corrected chi connectivity index (χ0v) is 12.6. The smallest absolute Gasteiger partial charge is 0.296 e. The molecule has 1 aromatic heterocycles. The van der Waals surface area contributed by atoms with E-state index in [0.29, 0.717) is 6.29 Å². The van der Waals surface area contributed by atoms with E-state index in [1.807, 2.05) is 0 Å². The van der Waals surface area contributed by atoms with Gasteiger partial charge < -0.3 is 0 Å². The molecule has 118 valence electrons. The molecule has 0 bridgehead atoms. The summed E-state index contributed by atoms with van der Waals surface area (Å²) in [6.07, 6.45) is -4.02. The van der Waals surface area contributed by atoms with Gasteiger partial charge in [-0.25, -0.2) is 13.4 Å². The molecule has 4 nitrogen and oxygen atoms in total. The monoisotopic (exact) mass is 349 g/mol. The van der Waals surface area contributed by atoms with Crippen LogP contribution in [0.5, 0.6) is 0 Å². The predicted octanol–water partition coefficient (Wildman–Crippen LogP) is 3.09. The maximum absolute atomic E-state index is 12.6. The van der Waals surface area contributed by atoms with Crippen molar-refractivity contribution < 1.29 is 26.4 Å². The minimum atomic E-state index is -4.52. The molecule has 1 aromatic carbocycles. The Morgan fingerprint density at radius 2 is 1.95 bits per heavy atom. The first kappa shape index (κ1) is 16.6. The molecule has 9 heteroatoms. The van der Waals surface area contributed by atoms with Crippen molar-refractivity contribution in [2.24, 2.45) is 0 Å². The molecular formula is C13H10F3NO3S2. The molecule has 0 atom stereocenters. The summed E-state index contributed by atoms with van der Waals surface area (Å²) in [7, 11) is -3.68. The van der Waals surface area contributed by atoms with Crippen LogP contribution in [0.1, 0.15) is 26.6 Å². The Morgan fingerprint density at radius 1 is 1.23 bits per heavy atom. The highest BCUT2D eigenvalue weighted by Crippen LogP contribution is 2.30. The van der Waals surface area contributed by atoms with Crippen LogP contribution in [0.15, 0.2) is 29.6 Å². The minimum Gasteiger partial charge on any atom is -0.296 e. The van der Waals surface area contributed by atoms with Crippen LogP contribution < -0.4 is 0 Å². The van der Waals surface area contributed by atoms with Crippen molar-refractivity contribution in [3.8, 4) is 0 Å². The van der Waals surface area contributed by atoms with Crippen LogP contribution in [0.2, 0.25) is 0 Å². The molecule has 2 aromatic rings. The third-order valence-electron chi connectivity index (χ3n) is 2.67. The van der Waals surface area contributed by atoms with Crippen molar-refractivity contribution in [1.29, 1.82) is 0 Å². The zero-order valence-electron chi connectivity index (χ0n) is 11.0. The van der Waals surface area contributed by atoms with Crippen molar-refractivity contribution in [3.05, 3.63) is 51.5 Å². The zero-order chi connectivity index (χ0) is 16.4. The maximum Gasteiger partial charge on any atom is 0.416 e. The molecule has 0 amide bonds. The number of aldehydes is 1. The van der Waals surface area contributed by atoms with Gasteiger partial charge in [0.25, 0.3) is 0 Å². The number of alkyl halides is 3. The predicted molar refractivity (Wildman–Crippen MR) is 75.3 cm³/mol. The van der Waals surface area contributed by atoms with Crippen LogP contribution in [0.25, 0.3) is 0 Å². The van der Waals surface area contributed by atoms with Gasteiger partial charge in [0.2, 0.25) is 0 Å². The molecule has 1 heterocycles. The van der Waals surface area contributed by atoms with Crippen LogP contribution in [0.4, 0.5) is 13.2 Å². The van der Waals surface area contributed by atoms with Gasteiger partial charge in [0.1, 0.15) is 16.5 Å². The molecule has 2 rings (SSSR count). The van der Waals surface area contributed by atoms with Gasteiger partial charge in [-0.2, -0.15) is 13.2 Å². The van der Waals surface area contributed by atoms with Gasteiger partial charge in [-0.15, -0.1) is 11.3 Å². The van der Waals surface area contributed by atoms with Crippen LogP contribution in [-0.4, -0.2) is 19.7 Å². The van der Waals surface area contributed by atoms with E-state index in [-0.39, 0.29) is 16.3 Å². The highest BCUT2D eigenvalue weighted by atomic mass is 32.2. The van der Waals surface area contributed by atoms with Gasteiger partial charge in [-0.1, -0.05) is 18.2 Å². The lowest BCUT2D eigenvalue weighted by atomic mass is 10.1. The van der Waals surface area contributed by atoms with Crippen molar-refractivity contribution in [1.82, 2.24) is 4.98 Å². The number of thiazole rings is 1. The molecule has 0 spiro atoms. The fraction of sp³-hybridized carbons (Fsp3) is 0.231. The van der Waals surface area contributed by atoms with Crippen molar-refractivity contribution >= 4 is 27.5 Å². The first-order chi connectivity index (χ1) is 10.2. The molecule has 0 unspecified atom stereocenters. The number of aromatic nitrogens is 1. The van der Waals surface area contributed by atoms with Crippen LogP contribution in [0, 0.1) is 0 Å². The SMILES string of the molecule is O=Cc1csc(CS(=O)(=O)Cc2cccc(C(F)(F)F)c2)n1. The first-order valence-corrected chi connectivity index (χ1v) is 8.66. The summed E-state index contributed by atoms with van der Waals surface area (Å²) < 4.78 is 61.8. The largest absolute Gasteiger partial charge is 0.416 e.